The first-order valence-electron chi connectivity index (χ1n) is 13.7. The Labute approximate surface area is 242 Å². The molecule has 0 saturated heterocycles. The fourth-order valence-corrected chi connectivity index (χ4v) is 5.60. The number of ether oxygens (including phenoxy) is 5. The minimum Gasteiger partial charge on any atom is -0.439 e. The summed E-state index contributed by atoms with van der Waals surface area (Å²) in [5.41, 5.74) is 6.70. The minimum atomic E-state index is -0.958. The molecule has 11 nitrogen and oxygen atoms in total. The Balaban J connectivity index is 2.63. The molecule has 2 aliphatic rings. The molecule has 2 bridgehead atoms. The van der Waals surface area contributed by atoms with E-state index in [2.05, 4.69) is 5.32 Å². The maximum Gasteiger partial charge on any atom is 0.405 e. The van der Waals surface area contributed by atoms with E-state index in [1.165, 1.54) is 20.3 Å². The molecule has 0 radical (unpaired) electrons. The topological polar surface area (TPSA) is 156 Å². The molecular formula is C30H46N2O9. The largest absolute Gasteiger partial charge is 0.439 e. The van der Waals surface area contributed by atoms with Gasteiger partial charge in [0.25, 0.3) is 0 Å². The summed E-state index contributed by atoms with van der Waals surface area (Å²) >= 11 is 0. The molecule has 1 heterocycles. The van der Waals surface area contributed by atoms with Crippen LogP contribution in [0.1, 0.15) is 40.5 Å². The Morgan fingerprint density at radius 3 is 2.22 bits per heavy atom. The second-order valence-corrected chi connectivity index (χ2v) is 10.7. The van der Waals surface area contributed by atoms with Gasteiger partial charge in [-0.3, -0.25) is 9.59 Å². The van der Waals surface area contributed by atoms with E-state index in [0.29, 0.717) is 23.1 Å². The molecule has 2 rings (SSSR count). The van der Waals surface area contributed by atoms with E-state index in [9.17, 15) is 19.5 Å². The molecule has 230 valence electrons. The van der Waals surface area contributed by atoms with E-state index in [1.54, 1.807) is 39.4 Å². The van der Waals surface area contributed by atoms with Crippen LogP contribution in [0.2, 0.25) is 0 Å². The molecule has 0 aromatic rings. The monoisotopic (exact) mass is 578 g/mol. The van der Waals surface area contributed by atoms with Crippen LogP contribution in [0.15, 0.2) is 47.1 Å². The Kier molecular flexibility index (Phi) is 13.4. The number of amides is 2. The Morgan fingerprint density at radius 2 is 1.66 bits per heavy atom. The summed E-state index contributed by atoms with van der Waals surface area (Å²) in [5, 5.41) is 13.3. The number of allylic oxidation sites excluding steroid dienone is 2. The van der Waals surface area contributed by atoms with Gasteiger partial charge in [0, 0.05) is 51.9 Å². The molecule has 0 spiro atoms. The third-order valence-corrected chi connectivity index (χ3v) is 7.69. The van der Waals surface area contributed by atoms with Crippen molar-refractivity contribution in [1.82, 2.24) is 5.32 Å². The van der Waals surface area contributed by atoms with Crippen molar-refractivity contribution in [3.05, 3.63) is 47.1 Å². The quantitative estimate of drug-likeness (QED) is 0.417. The number of aliphatic hydroxyl groups excluding tert-OH is 1. The lowest BCUT2D eigenvalue weighted by molar-refractivity contribution is -0.126. The van der Waals surface area contributed by atoms with Gasteiger partial charge in [0.1, 0.15) is 6.10 Å². The predicted molar refractivity (Wildman–Crippen MR) is 153 cm³/mol. The van der Waals surface area contributed by atoms with E-state index in [0.717, 1.165) is 0 Å². The van der Waals surface area contributed by atoms with E-state index in [1.807, 2.05) is 26.8 Å². The number of Topliss-reactive ketones (excluding diaryl/α,β-unsaturated/α-hetero) is 1. The van der Waals surface area contributed by atoms with Gasteiger partial charge in [-0.15, -0.1) is 0 Å². The van der Waals surface area contributed by atoms with Gasteiger partial charge in [0.15, 0.2) is 11.9 Å². The third-order valence-electron chi connectivity index (χ3n) is 7.69. The van der Waals surface area contributed by atoms with Crippen LogP contribution >= 0.6 is 0 Å². The van der Waals surface area contributed by atoms with Crippen LogP contribution in [0.5, 0.6) is 0 Å². The van der Waals surface area contributed by atoms with Gasteiger partial charge in [-0.2, -0.15) is 0 Å². The van der Waals surface area contributed by atoms with Gasteiger partial charge in [-0.25, -0.2) is 4.79 Å². The number of fused-ring (bicyclic) bond motifs is 2. The highest BCUT2D eigenvalue weighted by Crippen LogP contribution is 2.30. The molecule has 0 aromatic heterocycles. The van der Waals surface area contributed by atoms with Crippen molar-refractivity contribution < 1.29 is 43.2 Å². The number of nitrogens with one attached hydrogen (secondary N) is 1. The van der Waals surface area contributed by atoms with Gasteiger partial charge in [0.05, 0.1) is 30.5 Å². The van der Waals surface area contributed by atoms with Gasteiger partial charge in [0.2, 0.25) is 5.91 Å². The van der Waals surface area contributed by atoms with E-state index in [-0.39, 0.29) is 24.0 Å². The van der Waals surface area contributed by atoms with Crippen molar-refractivity contribution >= 4 is 17.8 Å². The molecule has 0 aromatic carbocycles. The summed E-state index contributed by atoms with van der Waals surface area (Å²) in [7, 11) is 6.16. The van der Waals surface area contributed by atoms with Crippen molar-refractivity contribution in [1.29, 1.82) is 0 Å². The summed E-state index contributed by atoms with van der Waals surface area (Å²) < 4.78 is 28.6. The minimum absolute atomic E-state index is 0.0504. The molecule has 9 atom stereocenters. The summed E-state index contributed by atoms with van der Waals surface area (Å²) in [5.74, 6) is -1.20. The number of ketones is 1. The molecule has 1 aliphatic carbocycles. The Hall–Kier alpha value is -2.83. The van der Waals surface area contributed by atoms with Gasteiger partial charge in [-0.05, 0) is 37.8 Å². The van der Waals surface area contributed by atoms with Crippen molar-refractivity contribution in [2.75, 3.05) is 28.4 Å². The number of primary amides is 1. The fraction of sp³-hybridized carbons (Fsp3) is 0.633. The van der Waals surface area contributed by atoms with Crippen molar-refractivity contribution in [3.8, 4) is 0 Å². The predicted octanol–water partition coefficient (Wildman–Crippen LogP) is 2.38. The van der Waals surface area contributed by atoms with Crippen molar-refractivity contribution in [2.45, 2.75) is 83.2 Å². The Morgan fingerprint density at radius 1 is 0.976 bits per heavy atom. The lowest BCUT2D eigenvalue weighted by Crippen LogP contribution is -2.49. The highest BCUT2D eigenvalue weighted by molar-refractivity contribution is 6.05. The molecule has 11 heteroatoms. The average molecular weight is 579 g/mol. The first kappa shape index (κ1) is 34.4. The van der Waals surface area contributed by atoms with Crippen LogP contribution in [0.4, 0.5) is 4.79 Å². The average Bonchev–Trinajstić information content (AvgIpc) is 2.91. The molecule has 0 fully saturated rings. The van der Waals surface area contributed by atoms with Crippen LogP contribution in [0, 0.1) is 11.8 Å². The lowest BCUT2D eigenvalue weighted by Gasteiger charge is -2.35. The van der Waals surface area contributed by atoms with Crippen molar-refractivity contribution in [3.63, 3.8) is 0 Å². The van der Waals surface area contributed by atoms with Crippen molar-refractivity contribution in [2.24, 2.45) is 17.6 Å². The normalized spacial score (nSPS) is 34.3. The third kappa shape index (κ3) is 9.08. The Bertz CT molecular complexity index is 1050. The van der Waals surface area contributed by atoms with Crippen LogP contribution in [0.3, 0.4) is 0 Å². The number of carbonyl (C=O) groups excluding carboxylic acids is 3. The number of hydrogen-bond acceptors (Lipinski definition) is 9. The molecule has 2 amide bonds. The van der Waals surface area contributed by atoms with E-state index < -0.39 is 54.7 Å². The second kappa shape index (κ2) is 16.0. The number of hydrogen-bond donors (Lipinski definition) is 3. The molecule has 4 N–H and O–H groups in total. The first-order chi connectivity index (χ1) is 19.4. The maximum absolute atomic E-state index is 13.5. The fourth-order valence-electron chi connectivity index (χ4n) is 5.60. The van der Waals surface area contributed by atoms with Crippen LogP contribution in [-0.2, 0) is 33.3 Å². The van der Waals surface area contributed by atoms with Gasteiger partial charge < -0.3 is 39.8 Å². The number of aliphatic hydroxyl groups is 1. The zero-order chi connectivity index (χ0) is 30.9. The number of carbonyl (C=O) groups is 3. The highest BCUT2D eigenvalue weighted by atomic mass is 16.6. The van der Waals surface area contributed by atoms with Gasteiger partial charge >= 0.3 is 6.09 Å². The van der Waals surface area contributed by atoms with Crippen LogP contribution in [0.25, 0.3) is 0 Å². The first-order valence-corrected chi connectivity index (χ1v) is 13.7. The molecule has 0 saturated carbocycles. The summed E-state index contributed by atoms with van der Waals surface area (Å²) in [4.78, 5) is 38.3. The lowest BCUT2D eigenvalue weighted by atomic mass is 9.81. The second-order valence-electron chi connectivity index (χ2n) is 10.7. The number of nitrogens with two attached hydrogens (primary N) is 1. The van der Waals surface area contributed by atoms with E-state index in [4.69, 9.17) is 29.4 Å². The maximum atomic E-state index is 13.5. The zero-order valence-electron chi connectivity index (χ0n) is 25.3. The highest BCUT2D eigenvalue weighted by Gasteiger charge is 2.38. The molecule has 41 heavy (non-hydrogen) atoms. The summed E-state index contributed by atoms with van der Waals surface area (Å²) in [6, 6.07) is -0.923. The molecule has 0 unspecified atom stereocenters. The van der Waals surface area contributed by atoms with E-state index >= 15 is 0 Å². The number of rotatable bonds is 5. The zero-order valence-corrected chi connectivity index (χ0v) is 25.3. The standard InChI is InChI=1S/C30H46N2O9/c1-16-10-9-11-23(37-5)28(41-30(31)36)18(3)12-17(2)27(40-8)24(38-6)13-19(4)26(39-7)21-14-20(33)15-22(25(21)34)32-29(16)35/h9-12,14,17,19-20,22-24,26-28,33H,13,15H2,1-8H3,(H2,31,36)(H,32,35)/t17-,19-,20+,22+,23-,24-,26+,27+,28-/m0/s1. The smallest absolute Gasteiger partial charge is 0.405 e. The molecular weight excluding hydrogens is 532 g/mol. The molecule has 1 aliphatic heterocycles. The summed E-state index contributed by atoms with van der Waals surface area (Å²) in [6.07, 6.45) is 3.81. The van der Waals surface area contributed by atoms with Gasteiger partial charge in [-0.1, -0.05) is 38.2 Å². The number of methoxy groups -OCH3 is 4. The van der Waals surface area contributed by atoms with Crippen LogP contribution in [-0.4, -0.2) is 94.0 Å². The van der Waals surface area contributed by atoms with Crippen LogP contribution < -0.4 is 11.1 Å². The summed E-state index contributed by atoms with van der Waals surface area (Å²) in [6.45, 7) is 7.30. The SMILES string of the molecule is CO[C@H]1[C@@H](OC)C[C@H](C)[C@@H](OC)C2=C[C@@H](O)C[C@@H](NC(=O)C(C)=CC=C[C@H](OC)[C@@H](OC(N)=O)C(C)=C[C@@H]1C)C2=O.